The molecule has 0 saturated carbocycles. The standard InChI is InChI=1S/C6H8BrN3.ClH/c1-9-5-2-6(7)10-3-4(5)8;/h2-3H,8H2,1H3,(H,9,10);1H. The Morgan fingerprint density at radius 3 is 2.73 bits per heavy atom. The van der Waals surface area contributed by atoms with Gasteiger partial charge in [-0.3, -0.25) is 0 Å². The zero-order valence-corrected chi connectivity index (χ0v) is 8.37. The molecule has 1 heterocycles. The number of hydrogen-bond acceptors (Lipinski definition) is 3. The molecular weight excluding hydrogens is 229 g/mol. The van der Waals surface area contributed by atoms with Crippen LogP contribution in [0.1, 0.15) is 0 Å². The zero-order chi connectivity index (χ0) is 7.56. The Bertz CT molecular complexity index is 241. The molecule has 1 aromatic rings. The van der Waals surface area contributed by atoms with Gasteiger partial charge in [-0.15, -0.1) is 12.4 Å². The highest BCUT2D eigenvalue weighted by atomic mass is 79.9. The monoisotopic (exact) mass is 237 g/mol. The van der Waals surface area contributed by atoms with Crippen LogP contribution >= 0.6 is 28.3 Å². The average Bonchev–Trinajstić information content (AvgIpc) is 1.94. The van der Waals surface area contributed by atoms with E-state index in [-0.39, 0.29) is 12.4 Å². The van der Waals surface area contributed by atoms with Crippen molar-refractivity contribution in [3.05, 3.63) is 16.9 Å². The third kappa shape index (κ3) is 2.55. The van der Waals surface area contributed by atoms with Gasteiger partial charge < -0.3 is 11.1 Å². The third-order valence-electron chi connectivity index (χ3n) is 1.17. The summed E-state index contributed by atoms with van der Waals surface area (Å²) >= 11 is 3.23. The van der Waals surface area contributed by atoms with Gasteiger partial charge in [-0.2, -0.15) is 0 Å². The predicted molar refractivity (Wildman–Crippen MR) is 53.1 cm³/mol. The molecule has 0 aliphatic rings. The maximum absolute atomic E-state index is 5.55. The van der Waals surface area contributed by atoms with Gasteiger partial charge in [-0.25, -0.2) is 4.98 Å². The van der Waals surface area contributed by atoms with Crippen LogP contribution in [0.2, 0.25) is 0 Å². The Balaban J connectivity index is 0.000001000. The van der Waals surface area contributed by atoms with Gasteiger partial charge >= 0.3 is 0 Å². The normalized spacial score (nSPS) is 8.55. The number of anilines is 2. The minimum absolute atomic E-state index is 0. The highest BCUT2D eigenvalue weighted by Gasteiger charge is 1.96. The maximum Gasteiger partial charge on any atom is 0.108 e. The Morgan fingerprint density at radius 2 is 2.27 bits per heavy atom. The van der Waals surface area contributed by atoms with Gasteiger partial charge in [0.15, 0.2) is 0 Å². The van der Waals surface area contributed by atoms with E-state index >= 15 is 0 Å². The second-order valence-corrected chi connectivity index (χ2v) is 2.66. The molecule has 0 unspecified atom stereocenters. The molecule has 11 heavy (non-hydrogen) atoms. The lowest BCUT2D eigenvalue weighted by Crippen LogP contribution is -1.96. The molecule has 62 valence electrons. The molecule has 0 radical (unpaired) electrons. The molecule has 1 rings (SSSR count). The quantitative estimate of drug-likeness (QED) is 0.735. The highest BCUT2D eigenvalue weighted by Crippen LogP contribution is 2.19. The maximum atomic E-state index is 5.55. The van der Waals surface area contributed by atoms with Gasteiger partial charge in [-0.1, -0.05) is 0 Å². The van der Waals surface area contributed by atoms with Crippen molar-refractivity contribution in [1.82, 2.24) is 4.98 Å². The van der Waals surface area contributed by atoms with Gasteiger partial charge in [0.1, 0.15) is 4.60 Å². The van der Waals surface area contributed by atoms with Crippen LogP contribution in [-0.2, 0) is 0 Å². The largest absolute Gasteiger partial charge is 0.396 e. The van der Waals surface area contributed by atoms with Crippen LogP contribution in [-0.4, -0.2) is 12.0 Å². The molecule has 0 aliphatic carbocycles. The summed E-state index contributed by atoms with van der Waals surface area (Å²) in [5.74, 6) is 0. The second-order valence-electron chi connectivity index (χ2n) is 1.84. The van der Waals surface area contributed by atoms with Gasteiger partial charge in [-0.05, 0) is 22.0 Å². The summed E-state index contributed by atoms with van der Waals surface area (Å²) < 4.78 is 0.783. The number of rotatable bonds is 1. The molecule has 5 heteroatoms. The van der Waals surface area contributed by atoms with Crippen molar-refractivity contribution in [2.24, 2.45) is 0 Å². The van der Waals surface area contributed by atoms with Crippen LogP contribution < -0.4 is 11.1 Å². The fourth-order valence-corrected chi connectivity index (χ4v) is 0.988. The van der Waals surface area contributed by atoms with E-state index in [1.54, 1.807) is 6.20 Å². The second kappa shape index (κ2) is 4.41. The van der Waals surface area contributed by atoms with E-state index in [0.717, 1.165) is 10.3 Å². The number of nitrogens with zero attached hydrogens (tertiary/aromatic N) is 1. The number of nitrogen functional groups attached to an aromatic ring is 1. The molecule has 3 N–H and O–H groups in total. The molecule has 0 spiro atoms. The number of nitrogens with one attached hydrogen (secondary N) is 1. The van der Waals surface area contributed by atoms with Crippen LogP contribution in [0, 0.1) is 0 Å². The molecule has 0 saturated heterocycles. The van der Waals surface area contributed by atoms with Crippen LogP contribution in [0.15, 0.2) is 16.9 Å². The molecule has 1 aromatic heterocycles. The van der Waals surface area contributed by atoms with Crippen LogP contribution in [0.4, 0.5) is 11.4 Å². The van der Waals surface area contributed by atoms with E-state index in [1.807, 2.05) is 13.1 Å². The fraction of sp³-hybridized carbons (Fsp3) is 0.167. The lowest BCUT2D eigenvalue weighted by atomic mass is 10.3. The number of aromatic nitrogens is 1. The lowest BCUT2D eigenvalue weighted by Gasteiger charge is -2.02. The first kappa shape index (κ1) is 10.5. The molecule has 0 aliphatic heterocycles. The Kier molecular flexibility index (Phi) is 4.22. The molecule has 0 fully saturated rings. The molecule has 3 nitrogen and oxygen atoms in total. The first-order chi connectivity index (χ1) is 4.74. The summed E-state index contributed by atoms with van der Waals surface area (Å²) in [5.41, 5.74) is 7.10. The highest BCUT2D eigenvalue weighted by molar-refractivity contribution is 9.10. The van der Waals surface area contributed by atoms with Gasteiger partial charge in [0.25, 0.3) is 0 Å². The minimum atomic E-state index is 0. The van der Waals surface area contributed by atoms with Gasteiger partial charge in [0, 0.05) is 7.05 Å². The summed E-state index contributed by atoms with van der Waals surface area (Å²) in [6.45, 7) is 0. The van der Waals surface area contributed by atoms with Crippen molar-refractivity contribution in [3.63, 3.8) is 0 Å². The summed E-state index contributed by atoms with van der Waals surface area (Å²) in [5, 5.41) is 2.94. The fourth-order valence-electron chi connectivity index (χ4n) is 0.657. The van der Waals surface area contributed by atoms with Crippen molar-refractivity contribution in [2.45, 2.75) is 0 Å². The Morgan fingerprint density at radius 1 is 1.64 bits per heavy atom. The molecular formula is C6H9BrClN3. The van der Waals surface area contributed by atoms with E-state index in [9.17, 15) is 0 Å². The van der Waals surface area contributed by atoms with E-state index in [0.29, 0.717) is 5.69 Å². The first-order valence-electron chi connectivity index (χ1n) is 2.83. The van der Waals surface area contributed by atoms with Crippen molar-refractivity contribution >= 4 is 39.7 Å². The molecule has 0 bridgehead atoms. The Hall–Kier alpha value is -0.480. The topological polar surface area (TPSA) is 50.9 Å². The first-order valence-corrected chi connectivity index (χ1v) is 3.62. The predicted octanol–water partition coefficient (Wildman–Crippen LogP) is 1.89. The Labute approximate surface area is 79.9 Å². The molecule has 0 amide bonds. The lowest BCUT2D eigenvalue weighted by molar-refractivity contribution is 1.27. The third-order valence-corrected chi connectivity index (χ3v) is 1.60. The molecule has 0 aromatic carbocycles. The van der Waals surface area contributed by atoms with E-state index < -0.39 is 0 Å². The van der Waals surface area contributed by atoms with Crippen molar-refractivity contribution < 1.29 is 0 Å². The van der Waals surface area contributed by atoms with E-state index in [4.69, 9.17) is 5.73 Å². The number of nitrogens with two attached hydrogens (primary N) is 1. The van der Waals surface area contributed by atoms with Gasteiger partial charge in [0.05, 0.1) is 17.6 Å². The van der Waals surface area contributed by atoms with E-state index in [1.165, 1.54) is 0 Å². The number of halogens is 2. The van der Waals surface area contributed by atoms with Crippen LogP contribution in [0.3, 0.4) is 0 Å². The number of hydrogen-bond donors (Lipinski definition) is 2. The van der Waals surface area contributed by atoms with Crippen molar-refractivity contribution in [1.29, 1.82) is 0 Å². The summed E-state index contributed by atoms with van der Waals surface area (Å²) in [6.07, 6.45) is 1.61. The smallest absolute Gasteiger partial charge is 0.108 e. The average molecular weight is 239 g/mol. The summed E-state index contributed by atoms with van der Waals surface area (Å²) in [7, 11) is 1.82. The zero-order valence-electron chi connectivity index (χ0n) is 5.97. The van der Waals surface area contributed by atoms with Crippen molar-refractivity contribution in [2.75, 3.05) is 18.1 Å². The van der Waals surface area contributed by atoms with Crippen molar-refractivity contribution in [3.8, 4) is 0 Å². The van der Waals surface area contributed by atoms with E-state index in [2.05, 4.69) is 26.2 Å². The minimum Gasteiger partial charge on any atom is -0.396 e. The van der Waals surface area contributed by atoms with Gasteiger partial charge in [0.2, 0.25) is 0 Å². The van der Waals surface area contributed by atoms with Crippen LogP contribution in [0.25, 0.3) is 0 Å². The van der Waals surface area contributed by atoms with Crippen LogP contribution in [0.5, 0.6) is 0 Å². The summed E-state index contributed by atoms with van der Waals surface area (Å²) in [4.78, 5) is 3.94. The SMILES string of the molecule is CNc1cc(Br)ncc1N.Cl. The summed E-state index contributed by atoms with van der Waals surface area (Å²) in [6, 6.07) is 1.83. The molecule has 0 atom stereocenters. The number of pyridine rings is 1.